The lowest BCUT2D eigenvalue weighted by Gasteiger charge is -2.24. The zero-order valence-corrected chi connectivity index (χ0v) is 15.4. The van der Waals surface area contributed by atoms with Gasteiger partial charge in [0.2, 0.25) is 0 Å². The Morgan fingerprint density at radius 3 is 2.77 bits per heavy atom. The summed E-state index contributed by atoms with van der Waals surface area (Å²) < 4.78 is 5.78. The Balaban J connectivity index is 2.34. The van der Waals surface area contributed by atoms with Crippen molar-refractivity contribution in [1.82, 2.24) is 10.2 Å². The van der Waals surface area contributed by atoms with Gasteiger partial charge in [-0.1, -0.05) is 19.9 Å². The van der Waals surface area contributed by atoms with Crippen LogP contribution < -0.4 is 5.32 Å². The third-order valence-electron chi connectivity index (χ3n) is 3.68. The predicted octanol–water partition coefficient (Wildman–Crippen LogP) is 3.25. The van der Waals surface area contributed by atoms with Gasteiger partial charge in [-0.05, 0) is 37.1 Å². The van der Waals surface area contributed by atoms with Crippen LogP contribution in [-0.2, 0) is 11.2 Å². The summed E-state index contributed by atoms with van der Waals surface area (Å²) in [5.41, 5.74) is 0. The van der Waals surface area contributed by atoms with Gasteiger partial charge in [-0.25, -0.2) is 0 Å². The van der Waals surface area contributed by atoms with E-state index in [2.05, 4.69) is 60.5 Å². The lowest BCUT2D eigenvalue weighted by molar-refractivity contribution is 0.0257. The topological polar surface area (TPSA) is 36.9 Å². The second-order valence-corrected chi connectivity index (χ2v) is 6.78. The van der Waals surface area contributed by atoms with Gasteiger partial charge in [0.25, 0.3) is 0 Å². The van der Waals surface area contributed by atoms with Gasteiger partial charge in [0.15, 0.2) is 5.96 Å². The van der Waals surface area contributed by atoms with E-state index in [4.69, 9.17) is 4.74 Å². The summed E-state index contributed by atoms with van der Waals surface area (Å²) in [7, 11) is 3.93. The van der Waals surface area contributed by atoms with Gasteiger partial charge in [-0.2, -0.15) is 0 Å². The van der Waals surface area contributed by atoms with Crippen LogP contribution in [0.1, 0.15) is 32.1 Å². The van der Waals surface area contributed by atoms with Crippen molar-refractivity contribution in [2.24, 2.45) is 10.9 Å². The molecule has 22 heavy (non-hydrogen) atoms. The molecule has 1 atom stereocenters. The number of guanidine groups is 1. The van der Waals surface area contributed by atoms with Crippen molar-refractivity contribution in [1.29, 1.82) is 0 Å². The quantitative estimate of drug-likeness (QED) is 0.559. The largest absolute Gasteiger partial charge is 0.378 e. The van der Waals surface area contributed by atoms with Crippen LogP contribution in [0.5, 0.6) is 0 Å². The minimum Gasteiger partial charge on any atom is -0.378 e. The van der Waals surface area contributed by atoms with Gasteiger partial charge in [-0.3, -0.25) is 4.99 Å². The number of hydrogen-bond donors (Lipinski definition) is 1. The van der Waals surface area contributed by atoms with E-state index in [1.807, 2.05) is 18.4 Å². The highest BCUT2D eigenvalue weighted by atomic mass is 32.1. The zero-order chi connectivity index (χ0) is 16.4. The summed E-state index contributed by atoms with van der Waals surface area (Å²) in [5, 5.41) is 5.57. The van der Waals surface area contributed by atoms with Crippen LogP contribution in [0.2, 0.25) is 0 Å². The number of likely N-dealkylation sites (N-methyl/N-ethyl adjacent to an activating group) is 1. The molecule has 0 aliphatic carbocycles. The van der Waals surface area contributed by atoms with Crippen molar-refractivity contribution in [3.05, 3.63) is 22.4 Å². The Kier molecular flexibility index (Phi) is 9.16. The molecule has 1 N–H and O–H groups in total. The molecule has 0 saturated carbocycles. The summed E-state index contributed by atoms with van der Waals surface area (Å²) >= 11 is 1.81. The molecule has 1 heterocycles. The average Bonchev–Trinajstić information content (AvgIpc) is 3.01. The number of hydrogen-bond acceptors (Lipinski definition) is 3. The van der Waals surface area contributed by atoms with E-state index in [1.54, 1.807) is 0 Å². The molecular formula is C17H31N3OS. The Hall–Kier alpha value is -1.07. The lowest BCUT2D eigenvalue weighted by Crippen LogP contribution is -2.41. The van der Waals surface area contributed by atoms with Gasteiger partial charge >= 0.3 is 0 Å². The molecule has 1 aromatic rings. The van der Waals surface area contributed by atoms with E-state index in [-0.39, 0.29) is 0 Å². The zero-order valence-electron chi connectivity index (χ0n) is 14.6. The molecule has 0 aromatic carbocycles. The minimum absolute atomic E-state index is 0.312. The molecule has 1 unspecified atom stereocenters. The van der Waals surface area contributed by atoms with E-state index in [9.17, 15) is 0 Å². The van der Waals surface area contributed by atoms with Crippen LogP contribution in [0.3, 0.4) is 0 Å². The number of nitrogens with one attached hydrogen (secondary N) is 1. The molecule has 0 aliphatic heterocycles. The molecular weight excluding hydrogens is 294 g/mol. The summed E-state index contributed by atoms with van der Waals surface area (Å²) in [6.07, 6.45) is 2.37. The maximum absolute atomic E-state index is 5.78. The molecule has 0 spiro atoms. The summed E-state index contributed by atoms with van der Waals surface area (Å²) in [4.78, 5) is 7.97. The van der Waals surface area contributed by atoms with Gasteiger partial charge in [0, 0.05) is 38.7 Å². The summed E-state index contributed by atoms with van der Waals surface area (Å²) in [5.74, 6) is 1.50. The van der Waals surface area contributed by atoms with Crippen molar-refractivity contribution in [2.45, 2.75) is 39.7 Å². The number of thiophene rings is 1. The average molecular weight is 326 g/mol. The fraction of sp³-hybridized carbons (Fsp3) is 0.706. The molecule has 1 rings (SSSR count). The van der Waals surface area contributed by atoms with Crippen LogP contribution in [0.4, 0.5) is 0 Å². The van der Waals surface area contributed by atoms with Crippen LogP contribution in [0, 0.1) is 5.92 Å². The van der Waals surface area contributed by atoms with Crippen molar-refractivity contribution in [3.8, 4) is 0 Å². The lowest BCUT2D eigenvalue weighted by atomic mass is 10.0. The van der Waals surface area contributed by atoms with Gasteiger partial charge in [0.1, 0.15) is 0 Å². The SMILES string of the molecule is CCOC(CCNC(=NC)N(C)CCc1cccs1)C(C)C. The summed E-state index contributed by atoms with van der Waals surface area (Å²) in [6, 6.07) is 4.29. The van der Waals surface area contributed by atoms with E-state index in [1.165, 1.54) is 4.88 Å². The van der Waals surface area contributed by atoms with Gasteiger partial charge in [0.05, 0.1) is 6.10 Å². The van der Waals surface area contributed by atoms with E-state index in [0.29, 0.717) is 12.0 Å². The van der Waals surface area contributed by atoms with E-state index in [0.717, 1.165) is 38.5 Å². The number of aliphatic imine (C=N–C) groups is 1. The molecule has 0 aliphatic rings. The van der Waals surface area contributed by atoms with Gasteiger partial charge in [-0.15, -0.1) is 11.3 Å². The highest BCUT2D eigenvalue weighted by Crippen LogP contribution is 2.11. The third-order valence-corrected chi connectivity index (χ3v) is 4.62. The second-order valence-electron chi connectivity index (χ2n) is 5.75. The van der Waals surface area contributed by atoms with E-state index >= 15 is 0 Å². The van der Waals surface area contributed by atoms with Crippen LogP contribution in [0.15, 0.2) is 22.5 Å². The standard InChI is InChI=1S/C17H31N3OS/c1-6-21-16(14(2)3)9-11-19-17(18-4)20(5)12-10-15-8-7-13-22-15/h7-8,13-14,16H,6,9-12H2,1-5H3,(H,18,19). The van der Waals surface area contributed by atoms with Crippen molar-refractivity contribution >= 4 is 17.3 Å². The molecule has 1 aromatic heterocycles. The van der Waals surface area contributed by atoms with Crippen molar-refractivity contribution in [3.63, 3.8) is 0 Å². The monoisotopic (exact) mass is 325 g/mol. The molecule has 4 nitrogen and oxygen atoms in total. The van der Waals surface area contributed by atoms with Crippen LogP contribution in [0.25, 0.3) is 0 Å². The van der Waals surface area contributed by atoms with Crippen LogP contribution >= 0.6 is 11.3 Å². The number of rotatable bonds is 9. The smallest absolute Gasteiger partial charge is 0.193 e. The first-order chi connectivity index (χ1) is 10.6. The molecule has 5 heteroatoms. The van der Waals surface area contributed by atoms with Crippen molar-refractivity contribution in [2.75, 3.05) is 33.8 Å². The molecule has 0 saturated heterocycles. The Bertz CT molecular complexity index is 418. The first-order valence-electron chi connectivity index (χ1n) is 8.14. The molecule has 0 amide bonds. The molecule has 0 fully saturated rings. The van der Waals surface area contributed by atoms with Gasteiger partial charge < -0.3 is 15.0 Å². The fourth-order valence-electron chi connectivity index (χ4n) is 2.37. The maximum Gasteiger partial charge on any atom is 0.193 e. The number of nitrogens with zero attached hydrogens (tertiary/aromatic N) is 2. The highest BCUT2D eigenvalue weighted by Gasteiger charge is 2.13. The predicted molar refractivity (Wildman–Crippen MR) is 96.9 cm³/mol. The minimum atomic E-state index is 0.312. The third kappa shape index (κ3) is 6.79. The molecule has 0 radical (unpaired) electrons. The molecule has 0 bridgehead atoms. The van der Waals surface area contributed by atoms with E-state index < -0.39 is 0 Å². The Morgan fingerprint density at radius 2 is 2.23 bits per heavy atom. The Morgan fingerprint density at radius 1 is 1.45 bits per heavy atom. The van der Waals surface area contributed by atoms with Crippen LogP contribution in [-0.4, -0.2) is 50.8 Å². The second kappa shape index (κ2) is 10.6. The summed E-state index contributed by atoms with van der Waals surface area (Å²) in [6.45, 7) is 9.11. The molecule has 126 valence electrons. The number of ether oxygens (including phenoxy) is 1. The van der Waals surface area contributed by atoms with Crippen molar-refractivity contribution < 1.29 is 4.74 Å². The maximum atomic E-state index is 5.78. The first kappa shape index (κ1) is 19.0. The first-order valence-corrected chi connectivity index (χ1v) is 9.02. The fourth-order valence-corrected chi connectivity index (χ4v) is 3.07. The highest BCUT2D eigenvalue weighted by molar-refractivity contribution is 7.09. The Labute approximate surface area is 139 Å². The normalized spacial score (nSPS) is 13.5.